The van der Waals surface area contributed by atoms with Crippen molar-refractivity contribution >= 4 is 0 Å². The summed E-state index contributed by atoms with van der Waals surface area (Å²) in [6, 6.07) is 18.8. The van der Waals surface area contributed by atoms with Gasteiger partial charge in [-0.3, -0.25) is 0 Å². The van der Waals surface area contributed by atoms with Crippen LogP contribution in [0, 0.1) is 5.92 Å². The summed E-state index contributed by atoms with van der Waals surface area (Å²) < 4.78 is 0. The molecule has 0 unspecified atom stereocenters. The predicted molar refractivity (Wildman–Crippen MR) is 133 cm³/mol. The first kappa shape index (κ1) is 23.1. The summed E-state index contributed by atoms with van der Waals surface area (Å²) in [7, 11) is 0. The predicted octanol–water partition coefficient (Wildman–Crippen LogP) is 9.72. The SMILES string of the molecule is CCCCCCc1ccc(-c2ccc(C3CCC(CCCCCC)CC3)cc2)cc1. The second-order valence-electron chi connectivity index (χ2n) is 9.70. The van der Waals surface area contributed by atoms with Crippen molar-refractivity contribution < 1.29 is 0 Å². The highest BCUT2D eigenvalue weighted by Gasteiger charge is 2.22. The van der Waals surface area contributed by atoms with Gasteiger partial charge in [-0.25, -0.2) is 0 Å². The quantitative estimate of drug-likeness (QED) is 0.309. The van der Waals surface area contributed by atoms with Crippen molar-refractivity contribution in [2.24, 2.45) is 5.92 Å². The summed E-state index contributed by atoms with van der Waals surface area (Å²) in [5, 5.41) is 0. The van der Waals surface area contributed by atoms with Gasteiger partial charge in [0, 0.05) is 0 Å². The molecule has 1 aliphatic carbocycles. The van der Waals surface area contributed by atoms with Gasteiger partial charge >= 0.3 is 0 Å². The van der Waals surface area contributed by atoms with Crippen LogP contribution in [0.2, 0.25) is 0 Å². The highest BCUT2D eigenvalue weighted by Crippen LogP contribution is 2.38. The minimum atomic E-state index is 0.788. The third-order valence-corrected chi connectivity index (χ3v) is 7.30. The molecular formula is C30H44. The average molecular weight is 405 g/mol. The molecule has 2 aromatic rings. The zero-order chi connectivity index (χ0) is 21.0. The lowest BCUT2D eigenvalue weighted by Crippen LogP contribution is -2.13. The van der Waals surface area contributed by atoms with Crippen molar-refractivity contribution in [3.8, 4) is 11.1 Å². The monoisotopic (exact) mass is 404 g/mol. The molecule has 1 fully saturated rings. The lowest BCUT2D eigenvalue weighted by atomic mass is 9.77. The number of rotatable bonds is 12. The van der Waals surface area contributed by atoms with E-state index in [1.165, 1.54) is 107 Å². The van der Waals surface area contributed by atoms with E-state index in [0.717, 1.165) is 11.8 Å². The van der Waals surface area contributed by atoms with E-state index in [9.17, 15) is 0 Å². The van der Waals surface area contributed by atoms with Crippen molar-refractivity contribution in [1.29, 1.82) is 0 Å². The molecule has 0 heteroatoms. The molecular weight excluding hydrogens is 360 g/mol. The van der Waals surface area contributed by atoms with Gasteiger partial charge in [-0.05, 0) is 72.6 Å². The Morgan fingerprint density at radius 1 is 0.600 bits per heavy atom. The lowest BCUT2D eigenvalue weighted by Gasteiger charge is -2.29. The van der Waals surface area contributed by atoms with Gasteiger partial charge in [0.25, 0.3) is 0 Å². The normalized spacial score (nSPS) is 19.1. The van der Waals surface area contributed by atoms with Crippen molar-refractivity contribution in [3.63, 3.8) is 0 Å². The highest BCUT2D eigenvalue weighted by atomic mass is 14.3. The summed E-state index contributed by atoms with van der Waals surface area (Å²) in [6.45, 7) is 4.59. The van der Waals surface area contributed by atoms with Crippen LogP contribution in [-0.2, 0) is 6.42 Å². The Morgan fingerprint density at radius 2 is 1.17 bits per heavy atom. The maximum absolute atomic E-state index is 2.40. The third kappa shape index (κ3) is 7.29. The fourth-order valence-electron chi connectivity index (χ4n) is 5.21. The number of unbranched alkanes of at least 4 members (excludes halogenated alkanes) is 6. The molecule has 1 aliphatic rings. The van der Waals surface area contributed by atoms with E-state index in [1.54, 1.807) is 5.56 Å². The Hall–Kier alpha value is -1.56. The van der Waals surface area contributed by atoms with Crippen molar-refractivity contribution in [2.75, 3.05) is 0 Å². The molecule has 0 amide bonds. The molecule has 0 saturated heterocycles. The molecule has 30 heavy (non-hydrogen) atoms. The number of hydrogen-bond donors (Lipinski definition) is 0. The molecule has 0 heterocycles. The van der Waals surface area contributed by atoms with Gasteiger partial charge in [0.2, 0.25) is 0 Å². The van der Waals surface area contributed by atoms with E-state index in [2.05, 4.69) is 62.4 Å². The maximum atomic E-state index is 2.40. The van der Waals surface area contributed by atoms with Gasteiger partial charge in [-0.2, -0.15) is 0 Å². The smallest absolute Gasteiger partial charge is 0.0162 e. The van der Waals surface area contributed by atoms with Crippen LogP contribution >= 0.6 is 0 Å². The standard InChI is InChI=1S/C30H44/c1-3-5-7-9-11-25-13-17-27(18-14-25)29-21-23-30(24-22-29)28-19-15-26(16-20-28)12-10-8-6-4-2/h13-14,17-18,21-24,26,28H,3-12,15-16,19-20H2,1-2H3. The van der Waals surface area contributed by atoms with E-state index in [-0.39, 0.29) is 0 Å². The molecule has 3 rings (SSSR count). The van der Waals surface area contributed by atoms with Gasteiger partial charge in [0.1, 0.15) is 0 Å². The van der Waals surface area contributed by atoms with Crippen molar-refractivity contribution in [3.05, 3.63) is 59.7 Å². The van der Waals surface area contributed by atoms with Crippen LogP contribution in [0.25, 0.3) is 11.1 Å². The molecule has 0 spiro atoms. The van der Waals surface area contributed by atoms with Gasteiger partial charge in [-0.1, -0.05) is 114 Å². The van der Waals surface area contributed by atoms with Gasteiger partial charge < -0.3 is 0 Å². The highest BCUT2D eigenvalue weighted by molar-refractivity contribution is 5.64. The number of benzene rings is 2. The summed E-state index contributed by atoms with van der Waals surface area (Å²) in [4.78, 5) is 0. The first-order valence-electron chi connectivity index (χ1n) is 13.0. The maximum Gasteiger partial charge on any atom is -0.0162 e. The minimum Gasteiger partial charge on any atom is -0.0654 e. The molecule has 0 aliphatic heterocycles. The molecule has 0 nitrogen and oxygen atoms in total. The Bertz CT molecular complexity index is 686. The largest absolute Gasteiger partial charge is 0.0654 e. The Labute approximate surface area is 186 Å². The zero-order valence-corrected chi connectivity index (χ0v) is 19.7. The molecule has 0 atom stereocenters. The Kier molecular flexibility index (Phi) is 10.0. The summed E-state index contributed by atoms with van der Waals surface area (Å²) >= 11 is 0. The van der Waals surface area contributed by atoms with Crippen LogP contribution in [0.15, 0.2) is 48.5 Å². The van der Waals surface area contributed by atoms with E-state index < -0.39 is 0 Å². The van der Waals surface area contributed by atoms with Gasteiger partial charge in [0.05, 0.1) is 0 Å². The first-order chi connectivity index (χ1) is 14.8. The van der Waals surface area contributed by atoms with Crippen LogP contribution in [-0.4, -0.2) is 0 Å². The summed E-state index contributed by atoms with van der Waals surface area (Å²) in [5.41, 5.74) is 5.77. The molecule has 0 radical (unpaired) electrons. The minimum absolute atomic E-state index is 0.788. The van der Waals surface area contributed by atoms with E-state index in [0.29, 0.717) is 0 Å². The van der Waals surface area contributed by atoms with E-state index in [4.69, 9.17) is 0 Å². The van der Waals surface area contributed by atoms with Crippen LogP contribution in [0.4, 0.5) is 0 Å². The Balaban J connectivity index is 1.46. The Morgan fingerprint density at radius 3 is 1.77 bits per heavy atom. The van der Waals surface area contributed by atoms with Gasteiger partial charge in [-0.15, -0.1) is 0 Å². The summed E-state index contributed by atoms with van der Waals surface area (Å²) in [6.07, 6.45) is 19.4. The lowest BCUT2D eigenvalue weighted by molar-refractivity contribution is 0.302. The molecule has 1 saturated carbocycles. The fourth-order valence-corrected chi connectivity index (χ4v) is 5.21. The molecule has 2 aromatic carbocycles. The average Bonchev–Trinajstić information content (AvgIpc) is 2.81. The zero-order valence-electron chi connectivity index (χ0n) is 19.7. The third-order valence-electron chi connectivity index (χ3n) is 7.30. The second-order valence-corrected chi connectivity index (χ2v) is 9.70. The fraction of sp³-hybridized carbons (Fsp3) is 0.600. The molecule has 0 N–H and O–H groups in total. The van der Waals surface area contributed by atoms with Crippen LogP contribution < -0.4 is 0 Å². The van der Waals surface area contributed by atoms with Gasteiger partial charge in [0.15, 0.2) is 0 Å². The number of aryl methyl sites for hydroxylation is 1. The topological polar surface area (TPSA) is 0 Å². The van der Waals surface area contributed by atoms with Crippen LogP contribution in [0.3, 0.4) is 0 Å². The second kappa shape index (κ2) is 13.0. The van der Waals surface area contributed by atoms with Crippen molar-refractivity contribution in [2.45, 2.75) is 110 Å². The molecule has 164 valence electrons. The van der Waals surface area contributed by atoms with Crippen LogP contribution in [0.5, 0.6) is 0 Å². The van der Waals surface area contributed by atoms with Crippen LogP contribution in [0.1, 0.15) is 114 Å². The molecule has 0 bridgehead atoms. The number of hydrogen-bond acceptors (Lipinski definition) is 0. The summed E-state index contributed by atoms with van der Waals surface area (Å²) in [5.74, 6) is 1.79. The van der Waals surface area contributed by atoms with Crippen molar-refractivity contribution in [1.82, 2.24) is 0 Å². The molecule has 0 aromatic heterocycles. The van der Waals surface area contributed by atoms with E-state index >= 15 is 0 Å². The first-order valence-corrected chi connectivity index (χ1v) is 13.0. The van der Waals surface area contributed by atoms with E-state index in [1.807, 2.05) is 0 Å².